The molecular weight excluding hydrogens is 531 g/mol. The minimum absolute atomic E-state index is 0.0250. The maximum atomic E-state index is 13.9. The smallest absolute Gasteiger partial charge is 0.409 e. The van der Waals surface area contributed by atoms with Gasteiger partial charge in [0.25, 0.3) is 0 Å². The van der Waals surface area contributed by atoms with Crippen molar-refractivity contribution in [3.8, 4) is 0 Å². The van der Waals surface area contributed by atoms with Crippen LogP contribution in [0, 0.1) is 28.9 Å². The average molecular weight is 565 g/mol. The maximum absolute atomic E-state index is 13.9. The van der Waals surface area contributed by atoms with Crippen molar-refractivity contribution < 1.29 is 32.0 Å². The van der Waals surface area contributed by atoms with Crippen molar-refractivity contribution in [1.29, 1.82) is 0 Å². The van der Waals surface area contributed by atoms with Gasteiger partial charge in [-0.15, -0.1) is 0 Å². The second-order valence-electron chi connectivity index (χ2n) is 11.4. The quantitative estimate of drug-likeness (QED) is 0.138. The summed E-state index contributed by atoms with van der Waals surface area (Å²) in [5.74, 6) is -1.56. The lowest BCUT2D eigenvalue weighted by molar-refractivity contribution is -0.137. The summed E-state index contributed by atoms with van der Waals surface area (Å²) in [6, 6.07) is 9.02. The summed E-state index contributed by atoms with van der Waals surface area (Å²) in [6.07, 6.45) is -0.396. The molecule has 1 amide bonds. The number of hydrogen-bond acceptors (Lipinski definition) is 4. The molecule has 4 unspecified atom stereocenters. The van der Waals surface area contributed by atoms with E-state index in [1.807, 2.05) is 12.1 Å². The topological polar surface area (TPSA) is 91.0 Å². The van der Waals surface area contributed by atoms with Crippen molar-refractivity contribution in [3.05, 3.63) is 70.8 Å². The van der Waals surface area contributed by atoms with Gasteiger partial charge in [0.15, 0.2) is 0 Å². The third-order valence-electron chi connectivity index (χ3n) is 9.10. The lowest BCUT2D eigenvalue weighted by atomic mass is 9.78. The summed E-state index contributed by atoms with van der Waals surface area (Å²) in [4.78, 5) is 16.1. The Morgan fingerprint density at radius 3 is 2.42 bits per heavy atom. The zero-order valence-corrected chi connectivity index (χ0v) is 21.9. The molecule has 1 aliphatic heterocycles. The van der Waals surface area contributed by atoms with E-state index < -0.39 is 23.0 Å². The molecule has 4 N–H and O–H groups in total. The number of nitrogens with zero attached hydrogens (tertiary/aromatic N) is 2. The minimum atomic E-state index is -4.70. The highest BCUT2D eigenvalue weighted by atomic mass is 19.4. The molecule has 5 rings (SSSR count). The molecule has 1 saturated heterocycles. The molecule has 3 aliphatic rings. The summed E-state index contributed by atoms with van der Waals surface area (Å²) < 4.78 is 66.7. The number of oxime groups is 1. The second-order valence-corrected chi connectivity index (χ2v) is 11.4. The number of amides is 1. The standard InChI is InChI=1S/C29H33F5N4O2/c30-21-3-1-18(2-4-21)19-6-9-38(10-7-19)23-5-8-28(15-23,25-14-24(25)26(35)37-40)27(39)36-16-17-11-20(29(32,33)34)13-22(31)12-17/h1-4,11-13,19,23-25,40H,5-10,14-16H2,(H2,35,37)(H,36,39). The predicted octanol–water partition coefficient (Wildman–Crippen LogP) is 5.40. The van der Waals surface area contributed by atoms with E-state index in [0.29, 0.717) is 31.2 Å². The first-order valence-electron chi connectivity index (χ1n) is 13.6. The minimum Gasteiger partial charge on any atom is -0.409 e. The molecular formula is C29H33F5N4O2. The Hall–Kier alpha value is -3.21. The first kappa shape index (κ1) is 28.3. The fourth-order valence-electron chi connectivity index (χ4n) is 6.89. The molecule has 3 fully saturated rings. The van der Waals surface area contributed by atoms with Crippen LogP contribution < -0.4 is 11.1 Å². The van der Waals surface area contributed by atoms with Crippen LogP contribution in [-0.2, 0) is 17.5 Å². The molecule has 0 bridgehead atoms. The summed E-state index contributed by atoms with van der Waals surface area (Å²) in [5.41, 5.74) is 5.09. The van der Waals surface area contributed by atoms with Crippen molar-refractivity contribution >= 4 is 11.7 Å². The molecule has 40 heavy (non-hydrogen) atoms. The first-order chi connectivity index (χ1) is 19.0. The normalized spacial score (nSPS) is 28.0. The van der Waals surface area contributed by atoms with Crippen LogP contribution in [-0.4, -0.2) is 41.0 Å². The van der Waals surface area contributed by atoms with E-state index in [1.54, 1.807) is 0 Å². The van der Waals surface area contributed by atoms with E-state index in [1.165, 1.54) is 12.1 Å². The maximum Gasteiger partial charge on any atom is 0.416 e. The highest BCUT2D eigenvalue weighted by Gasteiger charge is 2.61. The average Bonchev–Trinajstić information content (AvgIpc) is 3.62. The highest BCUT2D eigenvalue weighted by Crippen LogP contribution is 2.59. The molecule has 2 aliphatic carbocycles. The Labute approximate surface area is 229 Å². The number of nitrogens with one attached hydrogen (secondary N) is 1. The third kappa shape index (κ3) is 5.80. The van der Waals surface area contributed by atoms with E-state index in [4.69, 9.17) is 5.73 Å². The van der Waals surface area contributed by atoms with Crippen molar-refractivity contribution in [2.24, 2.45) is 28.1 Å². The summed E-state index contributed by atoms with van der Waals surface area (Å²) in [7, 11) is 0. The number of amidine groups is 1. The van der Waals surface area contributed by atoms with Crippen LogP contribution >= 0.6 is 0 Å². The van der Waals surface area contributed by atoms with Crippen LogP contribution in [0.4, 0.5) is 22.0 Å². The molecule has 2 saturated carbocycles. The molecule has 1 heterocycles. The number of halogens is 5. The SMILES string of the molecule is N/C(=N/O)C1CC1C1(C(=O)NCc2cc(F)cc(C(F)(F)F)c2)CCC(N2CCC(c3ccc(F)cc3)CC2)C1. The number of carbonyl (C=O) groups is 1. The largest absolute Gasteiger partial charge is 0.416 e. The Morgan fingerprint density at radius 2 is 1.77 bits per heavy atom. The molecule has 2 aromatic carbocycles. The van der Waals surface area contributed by atoms with E-state index in [9.17, 15) is 32.0 Å². The predicted molar refractivity (Wildman–Crippen MR) is 138 cm³/mol. The molecule has 0 aromatic heterocycles. The Bertz CT molecular complexity index is 1260. The number of nitrogens with two attached hydrogens (primary N) is 1. The third-order valence-corrected chi connectivity index (χ3v) is 9.10. The van der Waals surface area contributed by atoms with Gasteiger partial charge in [-0.3, -0.25) is 4.79 Å². The summed E-state index contributed by atoms with van der Waals surface area (Å²) in [6.45, 7) is 1.43. The Balaban J connectivity index is 1.27. The summed E-state index contributed by atoms with van der Waals surface area (Å²) >= 11 is 0. The fraction of sp³-hybridized carbons (Fsp3) is 0.517. The van der Waals surface area contributed by atoms with Crippen LogP contribution in [0.25, 0.3) is 0 Å². The first-order valence-corrected chi connectivity index (χ1v) is 13.6. The molecule has 216 valence electrons. The van der Waals surface area contributed by atoms with E-state index >= 15 is 0 Å². The number of rotatable bonds is 7. The van der Waals surface area contributed by atoms with Crippen molar-refractivity contribution in [1.82, 2.24) is 10.2 Å². The summed E-state index contributed by atoms with van der Waals surface area (Å²) in [5, 5.41) is 15.1. The van der Waals surface area contributed by atoms with E-state index in [0.717, 1.165) is 50.0 Å². The van der Waals surface area contributed by atoms with Crippen LogP contribution in [0.15, 0.2) is 47.6 Å². The number of hydrogen-bond donors (Lipinski definition) is 3. The van der Waals surface area contributed by atoms with Gasteiger partial charge in [0, 0.05) is 18.5 Å². The van der Waals surface area contributed by atoms with Crippen molar-refractivity contribution in [2.45, 2.75) is 63.2 Å². The van der Waals surface area contributed by atoms with Gasteiger partial charge < -0.3 is 21.2 Å². The van der Waals surface area contributed by atoms with Gasteiger partial charge in [0.1, 0.15) is 17.5 Å². The lowest BCUT2D eigenvalue weighted by Gasteiger charge is -2.37. The van der Waals surface area contributed by atoms with Crippen molar-refractivity contribution in [2.75, 3.05) is 13.1 Å². The number of piperidine rings is 1. The molecule has 6 nitrogen and oxygen atoms in total. The zero-order valence-electron chi connectivity index (χ0n) is 21.9. The van der Waals surface area contributed by atoms with Gasteiger partial charge in [-0.25, -0.2) is 8.78 Å². The van der Waals surface area contributed by atoms with Crippen LogP contribution in [0.5, 0.6) is 0 Å². The highest BCUT2D eigenvalue weighted by molar-refractivity contribution is 5.89. The van der Waals surface area contributed by atoms with Gasteiger partial charge >= 0.3 is 6.18 Å². The molecule has 0 radical (unpaired) electrons. The molecule has 2 aromatic rings. The molecule has 4 atom stereocenters. The van der Waals surface area contributed by atoms with Crippen LogP contribution in [0.1, 0.15) is 61.1 Å². The molecule has 0 spiro atoms. The second kappa shape index (κ2) is 11.0. The van der Waals surface area contributed by atoms with Crippen LogP contribution in [0.2, 0.25) is 0 Å². The van der Waals surface area contributed by atoms with Crippen LogP contribution in [0.3, 0.4) is 0 Å². The Morgan fingerprint density at radius 1 is 1.07 bits per heavy atom. The monoisotopic (exact) mass is 564 g/mol. The van der Waals surface area contributed by atoms with E-state index in [-0.39, 0.29) is 47.5 Å². The number of carbonyl (C=O) groups excluding carboxylic acids is 1. The number of alkyl halides is 3. The van der Waals surface area contributed by atoms with Gasteiger partial charge in [-0.05, 0) is 105 Å². The van der Waals surface area contributed by atoms with Gasteiger partial charge in [0.2, 0.25) is 5.91 Å². The van der Waals surface area contributed by atoms with Gasteiger partial charge in [-0.1, -0.05) is 17.3 Å². The number of likely N-dealkylation sites (tertiary alicyclic amines) is 1. The molecule has 11 heteroatoms. The van der Waals surface area contributed by atoms with E-state index in [2.05, 4.69) is 15.4 Å². The number of benzene rings is 2. The lowest BCUT2D eigenvalue weighted by Crippen LogP contribution is -2.45. The fourth-order valence-corrected chi connectivity index (χ4v) is 6.89. The van der Waals surface area contributed by atoms with Gasteiger partial charge in [-0.2, -0.15) is 13.2 Å². The van der Waals surface area contributed by atoms with Crippen molar-refractivity contribution in [3.63, 3.8) is 0 Å². The van der Waals surface area contributed by atoms with Gasteiger partial charge in [0.05, 0.1) is 11.0 Å². The zero-order chi connectivity index (χ0) is 28.7. The Kier molecular flexibility index (Phi) is 7.78.